The molecule has 2 saturated heterocycles. The molecule has 3 heterocycles. The minimum Gasteiger partial charge on any atom is -0.334 e. The number of carbonyl (C=O) groups excluding carboxylic acids is 2. The molecule has 1 aromatic heterocycles. The fraction of sp³-hybridized carbons (Fsp3) is 0.478. The van der Waals surface area contributed by atoms with Crippen molar-refractivity contribution in [1.82, 2.24) is 20.0 Å². The first-order valence-corrected chi connectivity index (χ1v) is 10.7. The molecule has 0 bridgehead atoms. The summed E-state index contributed by atoms with van der Waals surface area (Å²) in [6, 6.07) is 4.59. The van der Waals surface area contributed by atoms with Crippen molar-refractivity contribution in [2.45, 2.75) is 58.5 Å². The summed E-state index contributed by atoms with van der Waals surface area (Å²) >= 11 is 0. The molecule has 8 heteroatoms. The molecular weight excluding hydrogens is 399 g/mol. The lowest BCUT2D eigenvalue weighted by molar-refractivity contribution is -0.143. The van der Waals surface area contributed by atoms with Gasteiger partial charge in [0.1, 0.15) is 12.4 Å². The molecule has 4 rings (SSSR count). The third kappa shape index (κ3) is 3.98. The third-order valence-corrected chi connectivity index (χ3v) is 6.62. The highest BCUT2D eigenvalue weighted by molar-refractivity contribution is 5.97. The van der Waals surface area contributed by atoms with E-state index < -0.39 is 11.7 Å². The molecule has 7 nitrogen and oxygen atoms in total. The monoisotopic (exact) mass is 426 g/mol. The van der Waals surface area contributed by atoms with E-state index in [1.165, 1.54) is 17.0 Å². The van der Waals surface area contributed by atoms with Crippen molar-refractivity contribution >= 4 is 11.8 Å². The number of rotatable bonds is 3. The van der Waals surface area contributed by atoms with Gasteiger partial charge in [-0.1, -0.05) is 6.07 Å². The number of nitrogens with zero attached hydrogens (tertiary/aromatic N) is 3. The van der Waals surface area contributed by atoms with Gasteiger partial charge in [-0.15, -0.1) is 0 Å². The Hall–Kier alpha value is -3.03. The molecule has 0 saturated carbocycles. The van der Waals surface area contributed by atoms with Gasteiger partial charge in [0.25, 0.3) is 11.5 Å². The topological polar surface area (TPSA) is 86.4 Å². The number of hydrogen-bond donors (Lipinski definition) is 1. The van der Waals surface area contributed by atoms with Crippen molar-refractivity contribution in [3.05, 3.63) is 62.3 Å². The molecule has 2 fully saturated rings. The number of hydrogen-bond acceptors (Lipinski definition) is 4. The molecule has 2 amide bonds. The van der Waals surface area contributed by atoms with E-state index in [4.69, 9.17) is 0 Å². The number of H-pyrrole nitrogens is 1. The maximum Gasteiger partial charge on any atom is 0.267 e. The number of nitrogens with one attached hydrogen (secondary N) is 1. The van der Waals surface area contributed by atoms with Gasteiger partial charge in [0.15, 0.2) is 0 Å². The number of piperazine rings is 1. The number of aromatic nitrogens is 2. The minimum absolute atomic E-state index is 0.00355. The Morgan fingerprint density at radius 1 is 1.23 bits per heavy atom. The second kappa shape index (κ2) is 8.24. The van der Waals surface area contributed by atoms with E-state index in [1.807, 2.05) is 18.7 Å². The Balaban J connectivity index is 1.57. The Labute approximate surface area is 180 Å². The molecule has 2 atom stereocenters. The number of fused-ring (bicyclic) bond motifs is 1. The summed E-state index contributed by atoms with van der Waals surface area (Å²) in [5, 5.41) is 6.57. The van der Waals surface area contributed by atoms with E-state index in [0.717, 1.165) is 24.8 Å². The first kappa shape index (κ1) is 21.2. The zero-order valence-electron chi connectivity index (χ0n) is 18.1. The lowest BCUT2D eigenvalue weighted by atomic mass is 9.93. The first-order valence-electron chi connectivity index (χ1n) is 10.7. The maximum atomic E-state index is 14.6. The number of benzene rings is 1. The highest BCUT2D eigenvalue weighted by atomic mass is 19.1. The summed E-state index contributed by atoms with van der Waals surface area (Å²) in [4.78, 5) is 40.9. The van der Waals surface area contributed by atoms with Crippen molar-refractivity contribution in [2.24, 2.45) is 0 Å². The van der Waals surface area contributed by atoms with Crippen LogP contribution < -0.4 is 5.56 Å². The molecule has 2 aromatic rings. The van der Waals surface area contributed by atoms with Gasteiger partial charge in [-0.25, -0.2) is 9.49 Å². The average molecular weight is 426 g/mol. The fourth-order valence-electron chi connectivity index (χ4n) is 4.69. The van der Waals surface area contributed by atoms with Gasteiger partial charge in [-0.05, 0) is 63.3 Å². The van der Waals surface area contributed by atoms with Crippen LogP contribution in [0, 0.1) is 19.7 Å². The van der Waals surface area contributed by atoms with E-state index in [-0.39, 0.29) is 35.7 Å². The standard InChI is InChI=1S/C23H27FN4O3/c1-13-5-4-6-17-11-27(12-21(29)28(13)17)23(31)18-9-16(7-8-19(18)24)10-20-14(2)15(3)22(30)26-25-20/h7-9,13,17H,4-6,10-12H2,1-3H3,(H,26,30)/t13-,17+/m1/s1. The summed E-state index contributed by atoms with van der Waals surface area (Å²) in [5.41, 5.74) is 2.46. The first-order chi connectivity index (χ1) is 14.8. The summed E-state index contributed by atoms with van der Waals surface area (Å²) in [6.45, 7) is 5.99. The van der Waals surface area contributed by atoms with Crippen molar-refractivity contribution in [1.29, 1.82) is 0 Å². The second-order valence-corrected chi connectivity index (χ2v) is 8.66. The Morgan fingerprint density at radius 3 is 2.77 bits per heavy atom. The zero-order chi connectivity index (χ0) is 22.3. The van der Waals surface area contributed by atoms with E-state index in [0.29, 0.717) is 29.8 Å². The van der Waals surface area contributed by atoms with Gasteiger partial charge in [-0.2, -0.15) is 5.10 Å². The minimum atomic E-state index is -0.608. The smallest absolute Gasteiger partial charge is 0.267 e. The van der Waals surface area contributed by atoms with Crippen LogP contribution in [-0.4, -0.2) is 57.0 Å². The molecule has 0 radical (unpaired) electrons. The van der Waals surface area contributed by atoms with Gasteiger partial charge in [-0.3, -0.25) is 14.4 Å². The van der Waals surface area contributed by atoms with Gasteiger partial charge in [0.2, 0.25) is 5.91 Å². The van der Waals surface area contributed by atoms with Crippen LogP contribution in [-0.2, 0) is 11.2 Å². The third-order valence-electron chi connectivity index (χ3n) is 6.62. The Kier molecular flexibility index (Phi) is 5.64. The fourth-order valence-corrected chi connectivity index (χ4v) is 4.69. The van der Waals surface area contributed by atoms with Crippen LogP contribution >= 0.6 is 0 Å². The average Bonchev–Trinajstić information content (AvgIpc) is 2.74. The van der Waals surface area contributed by atoms with Crippen LogP contribution in [0.4, 0.5) is 4.39 Å². The number of piperidine rings is 1. The molecule has 2 aliphatic rings. The van der Waals surface area contributed by atoms with E-state index in [1.54, 1.807) is 13.0 Å². The highest BCUT2D eigenvalue weighted by Crippen LogP contribution is 2.28. The van der Waals surface area contributed by atoms with Crippen LogP contribution in [0.15, 0.2) is 23.0 Å². The highest BCUT2D eigenvalue weighted by Gasteiger charge is 2.39. The van der Waals surface area contributed by atoms with Crippen LogP contribution in [0.3, 0.4) is 0 Å². The number of aromatic amines is 1. The molecule has 0 spiro atoms. The van der Waals surface area contributed by atoms with Crippen molar-refractivity contribution in [3.63, 3.8) is 0 Å². The zero-order valence-corrected chi connectivity index (χ0v) is 18.1. The van der Waals surface area contributed by atoms with Gasteiger partial charge < -0.3 is 9.80 Å². The molecule has 31 heavy (non-hydrogen) atoms. The van der Waals surface area contributed by atoms with E-state index in [2.05, 4.69) is 10.2 Å². The Bertz CT molecular complexity index is 1100. The van der Waals surface area contributed by atoms with Crippen molar-refractivity contribution in [3.8, 4) is 0 Å². The van der Waals surface area contributed by atoms with Crippen LogP contribution in [0.25, 0.3) is 0 Å². The van der Waals surface area contributed by atoms with Crippen LogP contribution in [0.2, 0.25) is 0 Å². The molecule has 1 N–H and O–H groups in total. The second-order valence-electron chi connectivity index (χ2n) is 8.66. The SMILES string of the molecule is Cc1c(Cc2ccc(F)c(C(=O)N3CC(=O)N4[C@@H](CCC[C@H]4C)C3)c2)n[nH]c(=O)c1C. The van der Waals surface area contributed by atoms with Gasteiger partial charge in [0.05, 0.1) is 11.3 Å². The predicted octanol–water partition coefficient (Wildman–Crippen LogP) is 2.34. The van der Waals surface area contributed by atoms with Crippen LogP contribution in [0.5, 0.6) is 0 Å². The predicted molar refractivity (Wildman–Crippen MR) is 113 cm³/mol. The van der Waals surface area contributed by atoms with E-state index >= 15 is 0 Å². The number of halogens is 1. The summed E-state index contributed by atoms with van der Waals surface area (Å²) < 4.78 is 14.6. The molecule has 2 aliphatic heterocycles. The molecule has 1 aromatic carbocycles. The van der Waals surface area contributed by atoms with Crippen molar-refractivity contribution in [2.75, 3.05) is 13.1 Å². The molecule has 0 unspecified atom stereocenters. The lowest BCUT2D eigenvalue weighted by Crippen LogP contribution is -2.61. The largest absolute Gasteiger partial charge is 0.334 e. The maximum absolute atomic E-state index is 14.6. The lowest BCUT2D eigenvalue weighted by Gasteiger charge is -2.47. The molecule has 164 valence electrons. The number of carbonyl (C=O) groups is 2. The molecular formula is C23H27FN4O3. The summed E-state index contributed by atoms with van der Waals surface area (Å²) in [7, 11) is 0. The van der Waals surface area contributed by atoms with Gasteiger partial charge in [0, 0.05) is 30.6 Å². The van der Waals surface area contributed by atoms with Gasteiger partial charge >= 0.3 is 0 Å². The molecule has 0 aliphatic carbocycles. The summed E-state index contributed by atoms with van der Waals surface area (Å²) in [5.74, 6) is -1.15. The van der Waals surface area contributed by atoms with Crippen molar-refractivity contribution < 1.29 is 14.0 Å². The van der Waals surface area contributed by atoms with Crippen LogP contribution in [0.1, 0.15) is 58.9 Å². The summed E-state index contributed by atoms with van der Waals surface area (Å²) in [6.07, 6.45) is 3.21. The number of amides is 2. The van der Waals surface area contributed by atoms with E-state index in [9.17, 15) is 18.8 Å². The normalized spacial score (nSPS) is 21.2. The Morgan fingerprint density at radius 2 is 2.00 bits per heavy atom. The quantitative estimate of drug-likeness (QED) is 0.816.